The van der Waals surface area contributed by atoms with Gasteiger partial charge >= 0.3 is 0 Å². The van der Waals surface area contributed by atoms with E-state index in [9.17, 15) is 18.0 Å². The number of nitrogens with zero attached hydrogens (tertiary/aromatic N) is 3. The molecule has 0 atom stereocenters. The van der Waals surface area contributed by atoms with Crippen LogP contribution < -0.4 is 9.46 Å². The van der Waals surface area contributed by atoms with Gasteiger partial charge in [0.15, 0.2) is 5.75 Å². The first-order valence-corrected chi connectivity index (χ1v) is 15.7. The summed E-state index contributed by atoms with van der Waals surface area (Å²) in [6.45, 7) is 4.79. The molecule has 222 valence electrons. The van der Waals surface area contributed by atoms with E-state index in [4.69, 9.17) is 32.7 Å². The van der Waals surface area contributed by atoms with Crippen molar-refractivity contribution in [1.29, 1.82) is 0 Å². The van der Waals surface area contributed by atoms with Gasteiger partial charge < -0.3 is 19.3 Å². The van der Waals surface area contributed by atoms with E-state index in [0.717, 1.165) is 0 Å². The second kappa shape index (κ2) is 13.3. The Hall–Kier alpha value is -3.35. The van der Waals surface area contributed by atoms with Gasteiger partial charge in [-0.3, -0.25) is 19.2 Å². The number of piperazine rings is 1. The van der Waals surface area contributed by atoms with Crippen molar-refractivity contribution in [2.45, 2.75) is 4.90 Å². The zero-order valence-electron chi connectivity index (χ0n) is 22.7. The quantitative estimate of drug-likeness (QED) is 0.396. The van der Waals surface area contributed by atoms with Crippen LogP contribution in [-0.2, 0) is 19.6 Å². The van der Waals surface area contributed by atoms with Crippen molar-refractivity contribution in [3.63, 3.8) is 0 Å². The molecular weight excluding hydrogens is 603 g/mol. The average molecular weight is 634 g/mol. The number of amides is 2. The second-order valence-electron chi connectivity index (χ2n) is 9.87. The molecule has 0 radical (unpaired) electrons. The molecule has 2 fully saturated rings. The molecule has 42 heavy (non-hydrogen) atoms. The summed E-state index contributed by atoms with van der Waals surface area (Å²) in [5, 5.41) is 0.681. The fourth-order valence-corrected chi connectivity index (χ4v) is 6.04. The highest BCUT2D eigenvalue weighted by molar-refractivity contribution is 7.92. The zero-order valence-corrected chi connectivity index (χ0v) is 25.0. The molecule has 2 saturated heterocycles. The first kappa shape index (κ1) is 30.1. The summed E-state index contributed by atoms with van der Waals surface area (Å²) in [7, 11) is -3.99. The maximum Gasteiger partial charge on any atom is 0.262 e. The van der Waals surface area contributed by atoms with Crippen LogP contribution in [-0.4, -0.2) is 94.0 Å². The highest BCUT2D eigenvalue weighted by atomic mass is 35.5. The Morgan fingerprint density at radius 3 is 2.21 bits per heavy atom. The van der Waals surface area contributed by atoms with Gasteiger partial charge in [0.25, 0.3) is 15.9 Å². The Morgan fingerprint density at radius 2 is 1.52 bits per heavy atom. The van der Waals surface area contributed by atoms with Crippen molar-refractivity contribution < 1.29 is 27.5 Å². The lowest BCUT2D eigenvalue weighted by Crippen LogP contribution is -2.52. The van der Waals surface area contributed by atoms with Gasteiger partial charge in [0.1, 0.15) is 5.75 Å². The number of rotatable bonds is 8. The van der Waals surface area contributed by atoms with Crippen molar-refractivity contribution in [3.05, 3.63) is 82.3 Å². The number of morpholine rings is 1. The highest BCUT2D eigenvalue weighted by Crippen LogP contribution is 2.34. The summed E-state index contributed by atoms with van der Waals surface area (Å²) in [6.07, 6.45) is 0. The fraction of sp³-hybridized carbons (Fsp3) is 0.310. The van der Waals surface area contributed by atoms with E-state index >= 15 is 0 Å². The van der Waals surface area contributed by atoms with Crippen LogP contribution in [0.5, 0.6) is 11.5 Å². The molecule has 2 aliphatic rings. The van der Waals surface area contributed by atoms with E-state index in [1.807, 2.05) is 9.80 Å². The molecule has 2 amide bonds. The number of benzene rings is 3. The van der Waals surface area contributed by atoms with Crippen LogP contribution in [0.4, 0.5) is 5.69 Å². The Bertz CT molecular complexity index is 1540. The number of sulfonamides is 1. The number of hydrogen-bond acceptors (Lipinski definition) is 7. The normalized spacial score (nSPS) is 16.2. The maximum atomic E-state index is 13.2. The topological polar surface area (TPSA) is 108 Å². The van der Waals surface area contributed by atoms with Crippen molar-refractivity contribution >= 4 is 50.7 Å². The summed E-state index contributed by atoms with van der Waals surface area (Å²) in [6, 6.07) is 17.2. The number of carbonyl (C=O) groups excluding carboxylic acids is 2. The van der Waals surface area contributed by atoms with Crippen LogP contribution in [0, 0.1) is 0 Å². The van der Waals surface area contributed by atoms with Crippen molar-refractivity contribution in [2.75, 3.05) is 63.7 Å². The first-order chi connectivity index (χ1) is 20.2. The molecular formula is C29H30Cl2N4O6S. The summed E-state index contributed by atoms with van der Waals surface area (Å²) in [5.74, 6) is 0.555. The molecule has 2 aliphatic heterocycles. The summed E-state index contributed by atoms with van der Waals surface area (Å²) in [4.78, 5) is 31.2. The van der Waals surface area contributed by atoms with E-state index < -0.39 is 10.0 Å². The molecule has 0 aliphatic carbocycles. The van der Waals surface area contributed by atoms with E-state index in [1.54, 1.807) is 41.3 Å². The standard InChI is InChI=1S/C29H30Cl2N4O6S/c30-24-10-7-22(19-25(24)31)41-27-4-2-1-3-26(27)32-42(38,39)23-8-5-21(6-9-23)29(37)35-13-11-33(12-14-35)20-28(36)34-15-17-40-18-16-34/h1-10,19,32H,11-18,20H2. The number of nitrogens with one attached hydrogen (secondary N) is 1. The lowest BCUT2D eigenvalue weighted by molar-refractivity contribution is -0.136. The SMILES string of the molecule is O=C(CN1CCN(C(=O)c2ccc(S(=O)(=O)Nc3ccccc3Oc3ccc(Cl)c(Cl)c3)cc2)CC1)N1CCOCC1. The number of para-hydroxylation sites is 2. The number of hydrogen-bond donors (Lipinski definition) is 1. The smallest absolute Gasteiger partial charge is 0.262 e. The molecule has 5 rings (SSSR count). The van der Waals surface area contributed by atoms with Crippen molar-refractivity contribution in [1.82, 2.24) is 14.7 Å². The largest absolute Gasteiger partial charge is 0.455 e. The number of carbonyl (C=O) groups is 2. The van der Waals surface area contributed by atoms with Crippen LogP contribution in [0.25, 0.3) is 0 Å². The van der Waals surface area contributed by atoms with Gasteiger partial charge in [-0.1, -0.05) is 35.3 Å². The minimum atomic E-state index is -3.99. The van der Waals surface area contributed by atoms with Crippen LogP contribution in [0.15, 0.2) is 71.6 Å². The molecule has 0 bridgehead atoms. The van der Waals surface area contributed by atoms with Crippen LogP contribution >= 0.6 is 23.2 Å². The second-order valence-corrected chi connectivity index (χ2v) is 12.4. The Balaban J connectivity index is 1.18. The monoisotopic (exact) mass is 632 g/mol. The summed E-state index contributed by atoms with van der Waals surface area (Å²) >= 11 is 12.0. The van der Waals surface area contributed by atoms with Crippen LogP contribution in [0.3, 0.4) is 0 Å². The van der Waals surface area contributed by atoms with Crippen molar-refractivity contribution in [3.8, 4) is 11.5 Å². The first-order valence-electron chi connectivity index (χ1n) is 13.4. The highest BCUT2D eigenvalue weighted by Gasteiger charge is 2.26. The molecule has 3 aromatic carbocycles. The number of ether oxygens (including phenoxy) is 2. The van der Waals surface area contributed by atoms with Gasteiger partial charge in [-0.05, 0) is 48.5 Å². The molecule has 1 N–H and O–H groups in total. The van der Waals surface area contributed by atoms with Gasteiger partial charge in [-0.15, -0.1) is 0 Å². The average Bonchev–Trinajstić information content (AvgIpc) is 3.00. The Kier molecular flexibility index (Phi) is 9.54. The molecule has 0 aromatic heterocycles. The number of anilines is 1. The minimum absolute atomic E-state index is 0.00478. The predicted octanol–water partition coefficient (Wildman–Crippen LogP) is 4.20. The molecule has 0 unspecified atom stereocenters. The Morgan fingerprint density at radius 1 is 0.833 bits per heavy atom. The third kappa shape index (κ3) is 7.34. The molecule has 2 heterocycles. The van der Waals surface area contributed by atoms with Crippen LogP contribution in [0.2, 0.25) is 10.0 Å². The van der Waals surface area contributed by atoms with Gasteiger partial charge in [0, 0.05) is 50.9 Å². The number of halogens is 2. The van der Waals surface area contributed by atoms with E-state index in [1.165, 1.54) is 30.3 Å². The molecule has 13 heteroatoms. The summed E-state index contributed by atoms with van der Waals surface area (Å²) in [5.41, 5.74) is 0.615. The maximum absolute atomic E-state index is 13.2. The van der Waals surface area contributed by atoms with Gasteiger partial charge in [-0.25, -0.2) is 8.42 Å². The lowest BCUT2D eigenvalue weighted by atomic mass is 10.2. The van der Waals surface area contributed by atoms with Crippen molar-refractivity contribution in [2.24, 2.45) is 0 Å². The molecule has 3 aromatic rings. The third-order valence-corrected chi connectivity index (χ3v) is 9.16. The zero-order chi connectivity index (χ0) is 29.7. The van der Waals surface area contributed by atoms with E-state index in [2.05, 4.69) is 4.72 Å². The molecule has 0 spiro atoms. The van der Waals surface area contributed by atoms with Crippen LogP contribution in [0.1, 0.15) is 10.4 Å². The fourth-order valence-electron chi connectivity index (χ4n) is 4.68. The molecule has 0 saturated carbocycles. The van der Waals surface area contributed by atoms with Gasteiger partial charge in [0.2, 0.25) is 5.91 Å². The van der Waals surface area contributed by atoms with Gasteiger partial charge in [0.05, 0.1) is 40.4 Å². The van der Waals surface area contributed by atoms with Gasteiger partial charge in [-0.2, -0.15) is 0 Å². The molecule has 10 nitrogen and oxygen atoms in total. The predicted molar refractivity (Wildman–Crippen MR) is 160 cm³/mol. The Labute approximate surface area is 254 Å². The summed E-state index contributed by atoms with van der Waals surface area (Å²) < 4.78 is 40.1. The third-order valence-electron chi connectivity index (χ3n) is 7.04. The van der Waals surface area contributed by atoms with E-state index in [-0.39, 0.29) is 28.1 Å². The minimum Gasteiger partial charge on any atom is -0.455 e. The van der Waals surface area contributed by atoms with E-state index in [0.29, 0.717) is 80.4 Å². The lowest BCUT2D eigenvalue weighted by Gasteiger charge is -2.36.